The molecule has 0 aliphatic carbocycles. The Morgan fingerprint density at radius 1 is 1.04 bits per heavy atom. The Bertz CT molecular complexity index is 1140. The fraction of sp³-hybridized carbons (Fsp3) is 0.227. The van der Waals surface area contributed by atoms with Crippen LogP contribution in [0.3, 0.4) is 0 Å². The first-order valence-electron chi connectivity index (χ1n) is 8.80. The molecule has 0 radical (unpaired) electrons. The van der Waals surface area contributed by atoms with Crippen molar-refractivity contribution in [1.29, 1.82) is 0 Å². The van der Waals surface area contributed by atoms with Crippen LogP contribution in [0.2, 0.25) is 0 Å². The topological polar surface area (TPSA) is 96.6 Å². The number of benzene rings is 2. The number of fused-ring (bicyclic) bond motifs is 1. The average Bonchev–Trinajstić information content (AvgIpc) is 2.62. The molecule has 1 amide bonds. The lowest BCUT2D eigenvalue weighted by molar-refractivity contribution is -0.143. The molecule has 6 nitrogen and oxygen atoms in total. The van der Waals surface area contributed by atoms with Gasteiger partial charge in [0.2, 0.25) is 0 Å². The quantitative estimate of drug-likeness (QED) is 0.721. The van der Waals surface area contributed by atoms with E-state index in [4.69, 9.17) is 9.52 Å². The van der Waals surface area contributed by atoms with Gasteiger partial charge in [0.15, 0.2) is 5.43 Å². The van der Waals surface area contributed by atoms with Crippen LogP contribution in [0.5, 0.6) is 0 Å². The second-order valence-electron chi connectivity index (χ2n) is 7.40. The zero-order valence-electron chi connectivity index (χ0n) is 16.1. The lowest BCUT2D eigenvalue weighted by atomic mass is 10.0. The number of rotatable bonds is 4. The summed E-state index contributed by atoms with van der Waals surface area (Å²) in [5.41, 5.74) is 1.86. The first-order chi connectivity index (χ1) is 13.1. The van der Waals surface area contributed by atoms with Gasteiger partial charge in [0.1, 0.15) is 16.9 Å². The third-order valence-corrected chi connectivity index (χ3v) is 4.55. The number of carbonyl (C=O) groups excluding carboxylic acids is 1. The van der Waals surface area contributed by atoms with Gasteiger partial charge in [-0.15, -0.1) is 0 Å². The maximum atomic E-state index is 12.5. The third kappa shape index (κ3) is 3.67. The summed E-state index contributed by atoms with van der Waals surface area (Å²) in [7, 11) is 0. The van der Waals surface area contributed by atoms with Crippen LogP contribution < -0.4 is 10.7 Å². The summed E-state index contributed by atoms with van der Waals surface area (Å²) in [5.74, 6) is -1.21. The molecule has 0 saturated carbocycles. The third-order valence-electron chi connectivity index (χ3n) is 4.55. The van der Waals surface area contributed by atoms with Crippen LogP contribution in [0.4, 0.5) is 0 Å². The highest BCUT2D eigenvalue weighted by molar-refractivity contribution is 5.98. The summed E-state index contributed by atoms with van der Waals surface area (Å²) in [6.07, 6.45) is 0. The molecule has 1 aromatic heterocycles. The molecule has 2 aromatic carbocycles. The van der Waals surface area contributed by atoms with Crippen molar-refractivity contribution >= 4 is 22.8 Å². The molecule has 3 aromatic rings. The molecule has 2 N–H and O–H groups in total. The number of hydrogen-bond acceptors (Lipinski definition) is 4. The number of carboxylic acid groups (broad SMARTS) is 1. The van der Waals surface area contributed by atoms with Gasteiger partial charge in [-0.2, -0.15) is 0 Å². The Kier molecular flexibility index (Phi) is 4.81. The molecule has 144 valence electrons. The number of aryl methyl sites for hydroxylation is 2. The van der Waals surface area contributed by atoms with E-state index in [1.54, 1.807) is 30.3 Å². The van der Waals surface area contributed by atoms with Gasteiger partial charge in [0, 0.05) is 17.2 Å². The molecule has 6 heteroatoms. The van der Waals surface area contributed by atoms with Crippen molar-refractivity contribution in [2.24, 2.45) is 0 Å². The van der Waals surface area contributed by atoms with E-state index >= 15 is 0 Å². The Hall–Kier alpha value is -3.41. The summed E-state index contributed by atoms with van der Waals surface area (Å²) in [5, 5.41) is 12.1. The van der Waals surface area contributed by atoms with Crippen molar-refractivity contribution in [1.82, 2.24) is 5.32 Å². The lowest BCUT2D eigenvalue weighted by Crippen LogP contribution is -2.49. The van der Waals surface area contributed by atoms with E-state index in [-0.39, 0.29) is 5.43 Å². The highest BCUT2D eigenvalue weighted by Crippen LogP contribution is 2.25. The molecule has 28 heavy (non-hydrogen) atoms. The first kappa shape index (κ1) is 19.4. The zero-order chi connectivity index (χ0) is 20.6. The van der Waals surface area contributed by atoms with Crippen molar-refractivity contribution in [3.63, 3.8) is 0 Å². The maximum Gasteiger partial charge on any atom is 0.328 e. The van der Waals surface area contributed by atoms with E-state index in [1.807, 2.05) is 19.9 Å². The van der Waals surface area contributed by atoms with Crippen molar-refractivity contribution < 1.29 is 19.1 Å². The number of nitrogens with one attached hydrogen (secondary N) is 1. The van der Waals surface area contributed by atoms with Crippen LogP contribution in [-0.4, -0.2) is 22.5 Å². The summed E-state index contributed by atoms with van der Waals surface area (Å²) in [6.45, 7) is 6.64. The minimum Gasteiger partial charge on any atom is -0.480 e. The van der Waals surface area contributed by atoms with Crippen LogP contribution in [0.15, 0.2) is 51.7 Å². The Morgan fingerprint density at radius 2 is 1.68 bits per heavy atom. The SMILES string of the molecule is Cc1cc(C)c2oc(-c3ccc(C(=O)NC(C)(C)C(=O)O)cc3)cc(=O)c2c1. The number of carboxylic acids is 1. The second-order valence-corrected chi connectivity index (χ2v) is 7.40. The van der Waals surface area contributed by atoms with E-state index in [2.05, 4.69) is 5.32 Å². The number of carbonyl (C=O) groups is 2. The second kappa shape index (κ2) is 6.96. The predicted octanol–water partition coefficient (Wildman–Crippen LogP) is 3.67. The van der Waals surface area contributed by atoms with Crippen LogP contribution in [0.1, 0.15) is 35.3 Å². The largest absolute Gasteiger partial charge is 0.480 e. The van der Waals surface area contributed by atoms with Gasteiger partial charge in [0.25, 0.3) is 5.91 Å². The van der Waals surface area contributed by atoms with Gasteiger partial charge in [-0.25, -0.2) is 4.79 Å². The van der Waals surface area contributed by atoms with Crippen LogP contribution >= 0.6 is 0 Å². The Morgan fingerprint density at radius 3 is 2.29 bits per heavy atom. The Labute approximate surface area is 161 Å². The van der Waals surface area contributed by atoms with Gasteiger partial charge < -0.3 is 14.8 Å². The van der Waals surface area contributed by atoms with Gasteiger partial charge in [-0.05, 0) is 57.0 Å². The number of amides is 1. The molecule has 0 saturated heterocycles. The lowest BCUT2D eigenvalue weighted by Gasteiger charge is -2.21. The molecular formula is C22H21NO5. The van der Waals surface area contributed by atoms with Crippen LogP contribution in [-0.2, 0) is 4.79 Å². The fourth-order valence-corrected chi connectivity index (χ4v) is 2.95. The van der Waals surface area contributed by atoms with Crippen molar-refractivity contribution in [3.05, 3.63) is 69.4 Å². The van der Waals surface area contributed by atoms with E-state index < -0.39 is 17.4 Å². The molecule has 0 atom stereocenters. The molecular weight excluding hydrogens is 358 g/mol. The Balaban J connectivity index is 1.95. The maximum absolute atomic E-state index is 12.5. The molecule has 0 fully saturated rings. The predicted molar refractivity (Wildman–Crippen MR) is 107 cm³/mol. The molecule has 0 spiro atoms. The van der Waals surface area contributed by atoms with Gasteiger partial charge in [-0.3, -0.25) is 9.59 Å². The minimum absolute atomic E-state index is 0.131. The molecule has 0 aliphatic heterocycles. The molecule has 1 heterocycles. The summed E-state index contributed by atoms with van der Waals surface area (Å²) in [6, 6.07) is 11.6. The summed E-state index contributed by atoms with van der Waals surface area (Å²) >= 11 is 0. The van der Waals surface area contributed by atoms with E-state index in [0.29, 0.717) is 27.9 Å². The average molecular weight is 379 g/mol. The summed E-state index contributed by atoms with van der Waals surface area (Å²) in [4.78, 5) is 35.9. The van der Waals surface area contributed by atoms with E-state index in [0.717, 1.165) is 11.1 Å². The van der Waals surface area contributed by atoms with Crippen LogP contribution in [0.25, 0.3) is 22.3 Å². The highest BCUT2D eigenvalue weighted by atomic mass is 16.4. The molecule has 0 bridgehead atoms. The van der Waals surface area contributed by atoms with Crippen LogP contribution in [0, 0.1) is 13.8 Å². The van der Waals surface area contributed by atoms with Gasteiger partial charge in [0.05, 0.1) is 5.39 Å². The smallest absolute Gasteiger partial charge is 0.328 e. The van der Waals surface area contributed by atoms with Crippen molar-refractivity contribution in [2.75, 3.05) is 0 Å². The summed E-state index contributed by atoms with van der Waals surface area (Å²) < 4.78 is 5.95. The standard InChI is InChI=1S/C22H21NO5/c1-12-9-13(2)19-16(10-12)17(24)11-18(28-19)14-5-7-15(8-6-14)20(25)23-22(3,4)21(26)27/h5-11H,1-4H3,(H,23,25)(H,26,27). The molecule has 0 aliphatic rings. The van der Waals surface area contributed by atoms with Crippen molar-refractivity contribution in [2.45, 2.75) is 33.2 Å². The number of hydrogen-bond donors (Lipinski definition) is 2. The van der Waals surface area contributed by atoms with E-state index in [9.17, 15) is 14.4 Å². The normalized spacial score (nSPS) is 11.4. The highest BCUT2D eigenvalue weighted by Gasteiger charge is 2.29. The van der Waals surface area contributed by atoms with Gasteiger partial charge in [-0.1, -0.05) is 18.2 Å². The van der Waals surface area contributed by atoms with Gasteiger partial charge >= 0.3 is 5.97 Å². The monoisotopic (exact) mass is 379 g/mol. The zero-order valence-corrected chi connectivity index (χ0v) is 16.1. The van der Waals surface area contributed by atoms with Crippen molar-refractivity contribution in [3.8, 4) is 11.3 Å². The number of aliphatic carboxylic acids is 1. The molecule has 0 unspecified atom stereocenters. The first-order valence-corrected chi connectivity index (χ1v) is 8.80. The fourth-order valence-electron chi connectivity index (χ4n) is 2.95. The molecule has 3 rings (SSSR count). The minimum atomic E-state index is -1.38. The van der Waals surface area contributed by atoms with E-state index in [1.165, 1.54) is 19.9 Å².